The average Bonchev–Trinajstić information content (AvgIpc) is 2.40. The fourth-order valence-electron chi connectivity index (χ4n) is 1.61. The third-order valence-electron chi connectivity index (χ3n) is 2.63. The molecule has 2 heterocycles. The highest BCUT2D eigenvalue weighted by Gasteiger charge is 2.23. The lowest BCUT2D eigenvalue weighted by Gasteiger charge is -2.17. The molecular weight excluding hydrogens is 264 g/mol. The quantitative estimate of drug-likeness (QED) is 0.896. The number of rotatable bonds is 4. The van der Waals surface area contributed by atoms with Crippen LogP contribution < -0.4 is 5.73 Å². The number of sulfonamides is 1. The van der Waals surface area contributed by atoms with Gasteiger partial charge in [0.25, 0.3) is 0 Å². The SMILES string of the molecule is CN(Cc1cccnc1)S(=O)(=O)c1cnccc1N. The van der Waals surface area contributed by atoms with E-state index in [-0.39, 0.29) is 17.1 Å². The number of pyridine rings is 2. The largest absolute Gasteiger partial charge is 0.398 e. The molecule has 0 radical (unpaired) electrons. The molecule has 2 N–H and O–H groups in total. The zero-order valence-electron chi connectivity index (χ0n) is 10.4. The molecular formula is C12H14N4O2S. The molecule has 2 rings (SSSR count). The van der Waals surface area contributed by atoms with Crippen molar-refractivity contribution in [2.24, 2.45) is 0 Å². The first kappa shape index (κ1) is 13.4. The van der Waals surface area contributed by atoms with E-state index in [1.54, 1.807) is 18.5 Å². The van der Waals surface area contributed by atoms with Crippen LogP contribution in [0.15, 0.2) is 47.9 Å². The molecule has 0 saturated carbocycles. The van der Waals surface area contributed by atoms with Crippen molar-refractivity contribution in [1.29, 1.82) is 0 Å². The summed E-state index contributed by atoms with van der Waals surface area (Å²) >= 11 is 0. The molecule has 0 amide bonds. The van der Waals surface area contributed by atoms with Crippen molar-refractivity contribution in [3.8, 4) is 0 Å². The summed E-state index contributed by atoms with van der Waals surface area (Å²) < 4.78 is 25.9. The number of nitrogen functional groups attached to an aromatic ring is 1. The molecule has 0 aromatic carbocycles. The second kappa shape index (κ2) is 5.33. The summed E-state index contributed by atoms with van der Waals surface area (Å²) in [5.41, 5.74) is 6.67. The van der Waals surface area contributed by atoms with Gasteiger partial charge in [0.15, 0.2) is 0 Å². The Labute approximate surface area is 112 Å². The van der Waals surface area contributed by atoms with Crippen molar-refractivity contribution >= 4 is 15.7 Å². The van der Waals surface area contributed by atoms with E-state index >= 15 is 0 Å². The molecule has 100 valence electrons. The predicted octanol–water partition coefficient (Wildman–Crippen LogP) is 0.879. The van der Waals surface area contributed by atoms with Crippen LogP contribution >= 0.6 is 0 Å². The lowest BCUT2D eigenvalue weighted by atomic mass is 10.3. The molecule has 0 aliphatic carbocycles. The van der Waals surface area contributed by atoms with Crippen molar-refractivity contribution < 1.29 is 8.42 Å². The molecule has 0 aliphatic heterocycles. The fraction of sp³-hybridized carbons (Fsp3) is 0.167. The van der Waals surface area contributed by atoms with Crippen LogP contribution in [0.2, 0.25) is 0 Å². The summed E-state index contributed by atoms with van der Waals surface area (Å²) in [6.07, 6.45) is 5.97. The maximum Gasteiger partial charge on any atom is 0.246 e. The highest BCUT2D eigenvalue weighted by atomic mass is 32.2. The summed E-state index contributed by atoms with van der Waals surface area (Å²) in [4.78, 5) is 7.77. The Morgan fingerprint density at radius 3 is 2.58 bits per heavy atom. The minimum absolute atomic E-state index is 0.0152. The smallest absolute Gasteiger partial charge is 0.246 e. The molecule has 0 saturated heterocycles. The molecule has 0 aliphatic rings. The van der Waals surface area contributed by atoms with Gasteiger partial charge in [0.1, 0.15) is 4.90 Å². The molecule has 6 nitrogen and oxygen atoms in total. The molecule has 0 spiro atoms. The van der Waals surface area contributed by atoms with Gasteiger partial charge in [0.2, 0.25) is 10.0 Å². The van der Waals surface area contributed by atoms with E-state index in [4.69, 9.17) is 5.73 Å². The lowest BCUT2D eigenvalue weighted by molar-refractivity contribution is 0.466. The van der Waals surface area contributed by atoms with E-state index < -0.39 is 10.0 Å². The number of nitrogens with zero attached hydrogens (tertiary/aromatic N) is 3. The monoisotopic (exact) mass is 278 g/mol. The second-order valence-electron chi connectivity index (χ2n) is 4.04. The van der Waals surface area contributed by atoms with Crippen molar-refractivity contribution in [2.75, 3.05) is 12.8 Å². The maximum absolute atomic E-state index is 12.3. The summed E-state index contributed by atoms with van der Waals surface area (Å²) in [6.45, 7) is 0.227. The predicted molar refractivity (Wildman–Crippen MR) is 71.5 cm³/mol. The number of nitrogens with two attached hydrogens (primary N) is 1. The van der Waals surface area contributed by atoms with Crippen LogP contribution in [0.5, 0.6) is 0 Å². The van der Waals surface area contributed by atoms with Crippen LogP contribution in [0, 0.1) is 0 Å². The first-order valence-electron chi connectivity index (χ1n) is 5.56. The molecule has 2 aromatic heterocycles. The van der Waals surface area contributed by atoms with Crippen molar-refractivity contribution in [1.82, 2.24) is 14.3 Å². The molecule has 0 fully saturated rings. The highest BCUT2D eigenvalue weighted by molar-refractivity contribution is 7.89. The Hall–Kier alpha value is -1.99. The van der Waals surface area contributed by atoms with Crippen LogP contribution in [0.4, 0.5) is 5.69 Å². The Kier molecular flexibility index (Phi) is 3.77. The number of hydrogen-bond acceptors (Lipinski definition) is 5. The maximum atomic E-state index is 12.3. The topological polar surface area (TPSA) is 89.2 Å². The van der Waals surface area contributed by atoms with Crippen LogP contribution in [-0.2, 0) is 16.6 Å². The molecule has 0 bridgehead atoms. The van der Waals surface area contributed by atoms with Gasteiger partial charge in [0, 0.05) is 38.4 Å². The minimum atomic E-state index is -3.65. The lowest BCUT2D eigenvalue weighted by Crippen LogP contribution is -2.27. The third-order valence-corrected chi connectivity index (χ3v) is 4.48. The Morgan fingerprint density at radius 1 is 1.21 bits per heavy atom. The average molecular weight is 278 g/mol. The zero-order valence-corrected chi connectivity index (χ0v) is 11.2. The van der Waals surface area contributed by atoms with Gasteiger partial charge in [-0.3, -0.25) is 9.97 Å². The summed E-state index contributed by atoms with van der Waals surface area (Å²) in [5.74, 6) is 0. The van der Waals surface area contributed by atoms with Crippen LogP contribution in [0.25, 0.3) is 0 Å². The van der Waals surface area contributed by atoms with E-state index in [2.05, 4.69) is 9.97 Å². The number of hydrogen-bond donors (Lipinski definition) is 1. The molecule has 19 heavy (non-hydrogen) atoms. The fourth-order valence-corrected chi connectivity index (χ4v) is 2.82. The Morgan fingerprint density at radius 2 is 1.95 bits per heavy atom. The van der Waals surface area contributed by atoms with E-state index in [1.165, 1.54) is 29.8 Å². The molecule has 0 atom stereocenters. The van der Waals surface area contributed by atoms with Gasteiger partial charge >= 0.3 is 0 Å². The highest BCUT2D eigenvalue weighted by Crippen LogP contribution is 2.20. The van der Waals surface area contributed by atoms with Gasteiger partial charge in [0.05, 0.1) is 5.69 Å². The molecule has 7 heteroatoms. The van der Waals surface area contributed by atoms with E-state index in [0.717, 1.165) is 5.56 Å². The van der Waals surface area contributed by atoms with Crippen molar-refractivity contribution in [3.05, 3.63) is 48.5 Å². The van der Waals surface area contributed by atoms with Gasteiger partial charge in [-0.25, -0.2) is 8.42 Å². The van der Waals surface area contributed by atoms with Gasteiger partial charge in [-0.1, -0.05) is 6.07 Å². The Bertz CT molecular complexity index is 658. The standard InChI is InChI=1S/C12H14N4O2S/c1-16(9-10-3-2-5-14-7-10)19(17,18)12-8-15-6-4-11(12)13/h2-8H,9H2,1H3,(H2,13,15). The Balaban J connectivity index is 2.28. The second-order valence-corrected chi connectivity index (χ2v) is 6.05. The molecule has 0 unspecified atom stereocenters. The normalized spacial score (nSPS) is 11.7. The summed E-state index contributed by atoms with van der Waals surface area (Å²) in [7, 11) is -2.15. The summed E-state index contributed by atoms with van der Waals surface area (Å²) in [6, 6.07) is 5.03. The van der Waals surface area contributed by atoms with Gasteiger partial charge in [-0.2, -0.15) is 4.31 Å². The van der Waals surface area contributed by atoms with Gasteiger partial charge in [-0.05, 0) is 17.7 Å². The van der Waals surface area contributed by atoms with E-state index in [9.17, 15) is 8.42 Å². The van der Waals surface area contributed by atoms with Gasteiger partial charge in [-0.15, -0.1) is 0 Å². The van der Waals surface area contributed by atoms with E-state index in [1.807, 2.05) is 6.07 Å². The zero-order chi connectivity index (χ0) is 13.9. The van der Waals surface area contributed by atoms with Gasteiger partial charge < -0.3 is 5.73 Å². The van der Waals surface area contributed by atoms with Crippen LogP contribution in [0.1, 0.15) is 5.56 Å². The number of aromatic nitrogens is 2. The summed E-state index contributed by atoms with van der Waals surface area (Å²) in [5, 5.41) is 0. The van der Waals surface area contributed by atoms with Crippen LogP contribution in [0.3, 0.4) is 0 Å². The van der Waals surface area contributed by atoms with Crippen molar-refractivity contribution in [2.45, 2.75) is 11.4 Å². The van der Waals surface area contributed by atoms with Crippen molar-refractivity contribution in [3.63, 3.8) is 0 Å². The first-order valence-corrected chi connectivity index (χ1v) is 7.00. The minimum Gasteiger partial charge on any atom is -0.398 e. The third kappa shape index (κ3) is 2.88. The van der Waals surface area contributed by atoms with E-state index in [0.29, 0.717) is 0 Å². The molecule has 2 aromatic rings. The number of anilines is 1. The van der Waals surface area contributed by atoms with Crippen LogP contribution in [-0.4, -0.2) is 29.7 Å². The first-order chi connectivity index (χ1) is 9.01.